The molecule has 0 spiro atoms. The third-order valence-electron chi connectivity index (χ3n) is 2.94. The summed E-state index contributed by atoms with van der Waals surface area (Å²) >= 11 is 0. The molecule has 0 radical (unpaired) electrons. The molecule has 1 aromatic carbocycles. The van der Waals surface area contributed by atoms with Crippen molar-refractivity contribution in [2.24, 2.45) is 5.92 Å². The van der Waals surface area contributed by atoms with Crippen LogP contribution in [-0.4, -0.2) is 35.6 Å². The van der Waals surface area contributed by atoms with Gasteiger partial charge in [-0.05, 0) is 38.0 Å². The first-order chi connectivity index (χ1) is 10.8. The van der Waals surface area contributed by atoms with E-state index in [4.69, 9.17) is 5.11 Å². The first-order valence-corrected chi connectivity index (χ1v) is 7.45. The van der Waals surface area contributed by atoms with E-state index in [2.05, 4.69) is 16.0 Å². The highest BCUT2D eigenvalue weighted by atomic mass is 16.4. The Morgan fingerprint density at radius 3 is 2.48 bits per heavy atom. The van der Waals surface area contributed by atoms with Crippen LogP contribution in [0.1, 0.15) is 37.6 Å². The molecule has 7 heteroatoms. The standard InChI is InChI=1S/C16H23N3O4/c1-10(2)18-16(23)19-13-6-4-5-12(8-13)15(22)17-9-11(3)7-14(20)21/h4-6,8,10-11H,7,9H2,1-3H3,(H,17,22)(H,20,21)(H2,18,19,23). The van der Waals surface area contributed by atoms with Crippen molar-refractivity contribution >= 4 is 23.6 Å². The average molecular weight is 321 g/mol. The fourth-order valence-corrected chi connectivity index (χ4v) is 1.91. The Morgan fingerprint density at radius 1 is 1.17 bits per heavy atom. The van der Waals surface area contributed by atoms with Crippen molar-refractivity contribution in [1.82, 2.24) is 10.6 Å². The number of aliphatic carboxylic acids is 1. The highest BCUT2D eigenvalue weighted by Crippen LogP contribution is 2.11. The molecule has 0 aromatic heterocycles. The summed E-state index contributed by atoms with van der Waals surface area (Å²) in [5.41, 5.74) is 0.907. The number of urea groups is 1. The Kier molecular flexibility index (Phi) is 7.05. The summed E-state index contributed by atoms with van der Waals surface area (Å²) in [5, 5.41) is 16.7. The van der Waals surface area contributed by atoms with Gasteiger partial charge in [0.25, 0.3) is 5.91 Å². The van der Waals surface area contributed by atoms with E-state index >= 15 is 0 Å². The van der Waals surface area contributed by atoms with Crippen LogP contribution in [0.4, 0.5) is 10.5 Å². The van der Waals surface area contributed by atoms with Gasteiger partial charge in [-0.1, -0.05) is 13.0 Å². The van der Waals surface area contributed by atoms with E-state index in [0.717, 1.165) is 0 Å². The molecule has 0 bridgehead atoms. The minimum atomic E-state index is -0.894. The molecule has 0 aliphatic carbocycles. The highest BCUT2D eigenvalue weighted by molar-refractivity contribution is 5.96. The van der Waals surface area contributed by atoms with Crippen molar-refractivity contribution < 1.29 is 19.5 Å². The van der Waals surface area contributed by atoms with Gasteiger partial charge >= 0.3 is 12.0 Å². The smallest absolute Gasteiger partial charge is 0.319 e. The van der Waals surface area contributed by atoms with Crippen molar-refractivity contribution in [3.05, 3.63) is 29.8 Å². The van der Waals surface area contributed by atoms with Gasteiger partial charge in [-0.15, -0.1) is 0 Å². The zero-order chi connectivity index (χ0) is 17.4. The summed E-state index contributed by atoms with van der Waals surface area (Å²) in [6, 6.07) is 6.22. The van der Waals surface area contributed by atoms with E-state index in [-0.39, 0.29) is 36.9 Å². The molecule has 23 heavy (non-hydrogen) atoms. The monoisotopic (exact) mass is 321 g/mol. The average Bonchev–Trinajstić information content (AvgIpc) is 2.43. The van der Waals surface area contributed by atoms with Crippen LogP contribution in [0.2, 0.25) is 0 Å². The predicted octanol–water partition coefficient (Wildman–Crippen LogP) is 2.06. The van der Waals surface area contributed by atoms with Gasteiger partial charge in [-0.3, -0.25) is 9.59 Å². The molecule has 0 fully saturated rings. The first-order valence-electron chi connectivity index (χ1n) is 7.45. The molecule has 1 rings (SSSR count). The molecule has 0 aliphatic heterocycles. The predicted molar refractivity (Wildman–Crippen MR) is 87.5 cm³/mol. The van der Waals surface area contributed by atoms with E-state index in [0.29, 0.717) is 11.3 Å². The number of carbonyl (C=O) groups excluding carboxylic acids is 2. The molecule has 7 nitrogen and oxygen atoms in total. The van der Waals surface area contributed by atoms with Crippen molar-refractivity contribution in [1.29, 1.82) is 0 Å². The number of carboxylic acid groups (broad SMARTS) is 1. The minimum absolute atomic E-state index is 0.00273. The number of nitrogens with one attached hydrogen (secondary N) is 3. The maximum Gasteiger partial charge on any atom is 0.319 e. The lowest BCUT2D eigenvalue weighted by molar-refractivity contribution is -0.137. The largest absolute Gasteiger partial charge is 0.481 e. The normalized spacial score (nSPS) is 11.7. The number of carboxylic acids is 1. The SMILES string of the molecule is CC(CNC(=O)c1cccc(NC(=O)NC(C)C)c1)CC(=O)O. The topological polar surface area (TPSA) is 108 Å². The fraction of sp³-hybridized carbons (Fsp3) is 0.438. The summed E-state index contributed by atoms with van der Waals surface area (Å²) in [7, 11) is 0. The molecule has 0 aliphatic rings. The molecular weight excluding hydrogens is 298 g/mol. The maximum absolute atomic E-state index is 12.1. The van der Waals surface area contributed by atoms with E-state index in [1.165, 1.54) is 0 Å². The molecule has 3 amide bonds. The summed E-state index contributed by atoms with van der Waals surface area (Å²) in [4.78, 5) is 34.3. The lowest BCUT2D eigenvalue weighted by atomic mass is 10.1. The second kappa shape index (κ2) is 8.77. The lowest BCUT2D eigenvalue weighted by Crippen LogP contribution is -2.34. The minimum Gasteiger partial charge on any atom is -0.481 e. The van der Waals surface area contributed by atoms with Gasteiger partial charge in [-0.25, -0.2) is 4.79 Å². The molecule has 1 unspecified atom stereocenters. The van der Waals surface area contributed by atoms with Crippen LogP contribution in [0, 0.1) is 5.92 Å². The van der Waals surface area contributed by atoms with Crippen molar-refractivity contribution in [3.63, 3.8) is 0 Å². The molecule has 0 saturated heterocycles. The second-order valence-corrected chi connectivity index (χ2v) is 5.75. The Hall–Kier alpha value is -2.57. The Labute approximate surface area is 135 Å². The summed E-state index contributed by atoms with van der Waals surface area (Å²) < 4.78 is 0. The van der Waals surface area contributed by atoms with Gasteiger partial charge in [0.05, 0.1) is 0 Å². The molecule has 1 aromatic rings. The molecule has 0 heterocycles. The highest BCUT2D eigenvalue weighted by Gasteiger charge is 2.11. The number of amides is 3. The first kappa shape index (κ1) is 18.5. The number of hydrogen-bond acceptors (Lipinski definition) is 3. The third-order valence-corrected chi connectivity index (χ3v) is 2.94. The third kappa shape index (κ3) is 7.30. The fourth-order valence-electron chi connectivity index (χ4n) is 1.91. The summed E-state index contributed by atoms with van der Waals surface area (Å²) in [6.45, 7) is 5.72. The van der Waals surface area contributed by atoms with E-state index in [1.807, 2.05) is 13.8 Å². The lowest BCUT2D eigenvalue weighted by Gasteiger charge is -2.12. The van der Waals surface area contributed by atoms with Crippen LogP contribution >= 0.6 is 0 Å². The zero-order valence-electron chi connectivity index (χ0n) is 13.6. The van der Waals surface area contributed by atoms with Gasteiger partial charge < -0.3 is 21.1 Å². The van der Waals surface area contributed by atoms with Gasteiger partial charge in [-0.2, -0.15) is 0 Å². The van der Waals surface area contributed by atoms with Crippen LogP contribution in [0.3, 0.4) is 0 Å². The van der Waals surface area contributed by atoms with E-state index in [1.54, 1.807) is 31.2 Å². The van der Waals surface area contributed by atoms with Gasteiger partial charge in [0.15, 0.2) is 0 Å². The van der Waals surface area contributed by atoms with Crippen LogP contribution in [0.5, 0.6) is 0 Å². The van der Waals surface area contributed by atoms with Crippen LogP contribution in [-0.2, 0) is 4.79 Å². The second-order valence-electron chi connectivity index (χ2n) is 5.75. The van der Waals surface area contributed by atoms with E-state index < -0.39 is 5.97 Å². The van der Waals surface area contributed by atoms with Crippen LogP contribution in [0.15, 0.2) is 24.3 Å². The number of anilines is 1. The summed E-state index contributed by atoms with van der Waals surface area (Å²) in [5.74, 6) is -1.36. The van der Waals surface area contributed by atoms with Crippen LogP contribution in [0.25, 0.3) is 0 Å². The van der Waals surface area contributed by atoms with Gasteiger partial charge in [0.2, 0.25) is 0 Å². The number of hydrogen-bond donors (Lipinski definition) is 4. The summed E-state index contributed by atoms with van der Waals surface area (Å²) in [6.07, 6.45) is -0.00273. The number of rotatable bonds is 7. The van der Waals surface area contributed by atoms with Gasteiger partial charge in [0.1, 0.15) is 0 Å². The Bertz CT molecular complexity index is 572. The number of benzene rings is 1. The molecule has 4 N–H and O–H groups in total. The Morgan fingerprint density at radius 2 is 1.87 bits per heavy atom. The zero-order valence-corrected chi connectivity index (χ0v) is 13.6. The molecule has 1 atom stereocenters. The number of carbonyl (C=O) groups is 3. The van der Waals surface area contributed by atoms with Crippen molar-refractivity contribution in [2.45, 2.75) is 33.2 Å². The Balaban J connectivity index is 2.59. The van der Waals surface area contributed by atoms with Crippen molar-refractivity contribution in [2.75, 3.05) is 11.9 Å². The van der Waals surface area contributed by atoms with E-state index in [9.17, 15) is 14.4 Å². The molecular formula is C16H23N3O4. The van der Waals surface area contributed by atoms with Crippen molar-refractivity contribution in [3.8, 4) is 0 Å². The quantitative estimate of drug-likeness (QED) is 0.616. The maximum atomic E-state index is 12.1. The molecule has 126 valence electrons. The van der Waals surface area contributed by atoms with Crippen LogP contribution < -0.4 is 16.0 Å². The molecule has 0 saturated carbocycles. The van der Waals surface area contributed by atoms with Gasteiger partial charge in [0, 0.05) is 30.3 Å².